The third kappa shape index (κ3) is 5.01. The maximum absolute atomic E-state index is 15.4. The van der Waals surface area contributed by atoms with Crippen molar-refractivity contribution in [1.29, 1.82) is 5.26 Å². The molecule has 2 aromatic heterocycles. The predicted octanol–water partition coefficient (Wildman–Crippen LogP) is 4.22. The highest BCUT2D eigenvalue weighted by atomic mass is 19.2. The van der Waals surface area contributed by atoms with Gasteiger partial charge in [0.05, 0.1) is 18.0 Å². The Morgan fingerprint density at radius 3 is 2.74 bits per heavy atom. The summed E-state index contributed by atoms with van der Waals surface area (Å²) >= 11 is 0. The van der Waals surface area contributed by atoms with Crippen LogP contribution in [0.1, 0.15) is 25.7 Å². The van der Waals surface area contributed by atoms with E-state index in [4.69, 9.17) is 16.2 Å². The first kappa shape index (κ1) is 27.2. The number of likely N-dealkylation sites (tertiary alicyclic amines) is 1. The van der Waals surface area contributed by atoms with Crippen molar-refractivity contribution in [2.24, 2.45) is 5.73 Å². The molecule has 0 unspecified atom stereocenters. The Labute approximate surface area is 238 Å². The third-order valence-electron chi connectivity index (χ3n) is 7.53. The zero-order valence-corrected chi connectivity index (χ0v) is 22.2. The van der Waals surface area contributed by atoms with Crippen molar-refractivity contribution < 1.29 is 22.7 Å². The van der Waals surface area contributed by atoms with Crippen LogP contribution in [0.2, 0.25) is 0 Å². The molecule has 6 rings (SSSR count). The molecule has 1 saturated carbocycles. The van der Waals surface area contributed by atoms with E-state index in [0.717, 1.165) is 31.4 Å². The minimum atomic E-state index is -1.19. The number of hydrogen-bond acceptors (Lipinski definition) is 8. The maximum atomic E-state index is 15.4. The summed E-state index contributed by atoms with van der Waals surface area (Å²) in [5.74, 6) is -3.79. The van der Waals surface area contributed by atoms with Crippen molar-refractivity contribution in [3.8, 4) is 28.8 Å². The summed E-state index contributed by atoms with van der Waals surface area (Å²) in [4.78, 5) is 23.3. The Morgan fingerprint density at radius 1 is 1.19 bits per heavy atom. The Kier molecular flexibility index (Phi) is 6.78. The van der Waals surface area contributed by atoms with Crippen LogP contribution >= 0.6 is 0 Å². The minimum Gasteiger partial charge on any atom is -0.454 e. The number of hydrogen-bond donors (Lipinski definition) is 2. The fraction of sp³-hybridized carbons (Fsp3) is 0.276. The average molecular weight is 575 g/mol. The van der Waals surface area contributed by atoms with Gasteiger partial charge in [0.1, 0.15) is 41.0 Å². The van der Waals surface area contributed by atoms with E-state index in [2.05, 4.69) is 15.1 Å². The lowest BCUT2D eigenvalue weighted by atomic mass is 10.1. The molecule has 1 amide bonds. The number of fused-ring (bicyclic) bond motifs is 1. The zero-order valence-electron chi connectivity index (χ0n) is 22.2. The molecule has 0 spiro atoms. The fourth-order valence-electron chi connectivity index (χ4n) is 5.15. The van der Waals surface area contributed by atoms with E-state index < -0.39 is 28.7 Å². The Bertz CT molecular complexity index is 1790. The van der Waals surface area contributed by atoms with Gasteiger partial charge in [0.25, 0.3) is 5.91 Å². The summed E-state index contributed by atoms with van der Waals surface area (Å²) < 4.78 is 50.0. The molecule has 0 radical (unpaired) electrons. The number of nitrogens with zero attached hydrogens (tertiary/aromatic N) is 6. The van der Waals surface area contributed by atoms with Crippen molar-refractivity contribution >= 4 is 22.8 Å². The number of ether oxygens (including phenoxy) is 1. The topological polar surface area (TPSA) is 149 Å². The van der Waals surface area contributed by atoms with Gasteiger partial charge in [0, 0.05) is 23.7 Å². The number of carbonyl (C=O) groups excluding carboxylic acids is 1. The Balaban J connectivity index is 1.31. The van der Waals surface area contributed by atoms with Gasteiger partial charge in [0.15, 0.2) is 17.2 Å². The fourth-order valence-corrected chi connectivity index (χ4v) is 5.15. The van der Waals surface area contributed by atoms with Gasteiger partial charge < -0.3 is 21.1 Å². The number of aromatic nitrogens is 4. The van der Waals surface area contributed by atoms with Gasteiger partial charge in [-0.05, 0) is 56.0 Å². The van der Waals surface area contributed by atoms with Crippen molar-refractivity contribution in [2.75, 3.05) is 12.3 Å². The summed E-state index contributed by atoms with van der Waals surface area (Å²) in [5.41, 5.74) is 12.3. The van der Waals surface area contributed by atoms with E-state index in [9.17, 15) is 18.8 Å². The van der Waals surface area contributed by atoms with Gasteiger partial charge in [-0.2, -0.15) is 14.8 Å². The SMILES string of the molecule is N#CC(=CC1(N)CC1)C(=O)N1CCC[C@@H]1Cn1nc(-c2ccc(Oc3cccc(F)c3F)cc2F)c2c(N)ncnc21. The van der Waals surface area contributed by atoms with Gasteiger partial charge in [-0.1, -0.05) is 6.07 Å². The largest absolute Gasteiger partial charge is 0.454 e. The molecular formula is C29H25F3N8O2. The predicted molar refractivity (Wildman–Crippen MR) is 146 cm³/mol. The van der Waals surface area contributed by atoms with E-state index in [0.29, 0.717) is 24.0 Å². The van der Waals surface area contributed by atoms with Crippen LogP contribution in [0.3, 0.4) is 0 Å². The van der Waals surface area contributed by atoms with Crippen LogP contribution in [0.25, 0.3) is 22.3 Å². The van der Waals surface area contributed by atoms with E-state index >= 15 is 4.39 Å². The van der Waals surface area contributed by atoms with Gasteiger partial charge in [-0.25, -0.2) is 23.4 Å². The van der Waals surface area contributed by atoms with Gasteiger partial charge in [0.2, 0.25) is 5.82 Å². The molecule has 1 atom stereocenters. The molecule has 1 aliphatic carbocycles. The molecule has 2 aliphatic rings. The van der Waals surface area contributed by atoms with Crippen molar-refractivity contribution in [3.63, 3.8) is 0 Å². The number of nitrogens with two attached hydrogens (primary N) is 2. The molecule has 4 aromatic rings. The Morgan fingerprint density at radius 2 is 2.00 bits per heavy atom. The van der Waals surface area contributed by atoms with Crippen LogP contribution in [0, 0.1) is 28.8 Å². The molecule has 3 heterocycles. The van der Waals surface area contributed by atoms with Crippen LogP contribution in [0.15, 0.2) is 54.4 Å². The number of benzene rings is 2. The number of rotatable bonds is 7. The molecule has 13 heteroatoms. The standard InChI is InChI=1S/C29H25F3N8O2/c30-20-4-1-5-22(24(20)32)42-18-6-7-19(21(31)11-18)25-23-26(34)36-15-37-27(23)40(38-25)14-17-3-2-10-39(17)28(41)16(13-33)12-29(35)8-9-29/h1,4-7,11-12,15,17H,2-3,8-10,14,35H2,(H2,34,36,37)/t17-/m1/s1. The molecule has 214 valence electrons. The van der Waals surface area contributed by atoms with E-state index in [1.54, 1.807) is 15.7 Å². The van der Waals surface area contributed by atoms with Gasteiger partial charge in [-0.3, -0.25) is 4.79 Å². The van der Waals surface area contributed by atoms with E-state index in [1.165, 1.54) is 30.6 Å². The molecule has 1 saturated heterocycles. The molecular weight excluding hydrogens is 549 g/mol. The van der Waals surface area contributed by atoms with E-state index in [-0.39, 0.29) is 46.9 Å². The number of nitriles is 1. The first-order valence-electron chi connectivity index (χ1n) is 13.3. The number of halogens is 3. The van der Waals surface area contributed by atoms with Crippen LogP contribution in [0.5, 0.6) is 11.5 Å². The minimum absolute atomic E-state index is 0.0157. The lowest BCUT2D eigenvalue weighted by Gasteiger charge is -2.24. The quantitative estimate of drug-likeness (QED) is 0.246. The molecule has 2 aromatic carbocycles. The first-order chi connectivity index (χ1) is 20.2. The van der Waals surface area contributed by atoms with Crippen LogP contribution in [0.4, 0.5) is 19.0 Å². The summed E-state index contributed by atoms with van der Waals surface area (Å²) in [6, 6.07) is 8.94. The van der Waals surface area contributed by atoms with Crippen molar-refractivity contribution in [1.82, 2.24) is 24.6 Å². The van der Waals surface area contributed by atoms with Crippen LogP contribution in [-0.4, -0.2) is 48.7 Å². The van der Waals surface area contributed by atoms with Gasteiger partial charge >= 0.3 is 0 Å². The molecule has 10 nitrogen and oxygen atoms in total. The Hall–Kier alpha value is -4.96. The number of anilines is 1. The maximum Gasteiger partial charge on any atom is 0.264 e. The number of carbonyl (C=O) groups is 1. The lowest BCUT2D eigenvalue weighted by Crippen LogP contribution is -2.39. The van der Waals surface area contributed by atoms with Crippen molar-refractivity contribution in [3.05, 3.63) is 71.8 Å². The molecule has 42 heavy (non-hydrogen) atoms. The highest BCUT2D eigenvalue weighted by Gasteiger charge is 2.39. The second kappa shape index (κ2) is 10.5. The molecule has 4 N–H and O–H groups in total. The number of nitrogen functional groups attached to an aromatic ring is 1. The number of amides is 1. The highest BCUT2D eigenvalue weighted by Crippen LogP contribution is 2.37. The third-order valence-corrected chi connectivity index (χ3v) is 7.53. The average Bonchev–Trinajstić information content (AvgIpc) is 3.34. The lowest BCUT2D eigenvalue weighted by molar-refractivity contribution is -0.127. The van der Waals surface area contributed by atoms with Gasteiger partial charge in [-0.15, -0.1) is 0 Å². The molecule has 0 bridgehead atoms. The normalized spacial score (nSPS) is 17.8. The molecule has 2 fully saturated rings. The summed E-state index contributed by atoms with van der Waals surface area (Å²) in [5, 5.41) is 14.6. The summed E-state index contributed by atoms with van der Waals surface area (Å²) in [6.07, 6.45) is 5.66. The molecule has 1 aliphatic heterocycles. The highest BCUT2D eigenvalue weighted by molar-refractivity contribution is 5.99. The van der Waals surface area contributed by atoms with Crippen LogP contribution < -0.4 is 16.2 Å². The van der Waals surface area contributed by atoms with E-state index in [1.807, 2.05) is 6.07 Å². The first-order valence-corrected chi connectivity index (χ1v) is 13.3. The zero-order chi connectivity index (χ0) is 29.6. The monoisotopic (exact) mass is 574 g/mol. The second-order valence-corrected chi connectivity index (χ2v) is 10.5. The second-order valence-electron chi connectivity index (χ2n) is 10.5. The van der Waals surface area contributed by atoms with Crippen molar-refractivity contribution in [2.45, 2.75) is 43.8 Å². The summed E-state index contributed by atoms with van der Waals surface area (Å²) in [6.45, 7) is 0.679. The van der Waals surface area contributed by atoms with Crippen LogP contribution in [-0.2, 0) is 11.3 Å². The summed E-state index contributed by atoms with van der Waals surface area (Å²) in [7, 11) is 0. The smallest absolute Gasteiger partial charge is 0.264 e.